The number of benzene rings is 2. The molecule has 0 aromatic heterocycles. The summed E-state index contributed by atoms with van der Waals surface area (Å²) in [5.74, 6) is -0.243. The van der Waals surface area contributed by atoms with Crippen molar-refractivity contribution >= 4 is 11.8 Å². The van der Waals surface area contributed by atoms with E-state index >= 15 is 0 Å². The van der Waals surface area contributed by atoms with Crippen LogP contribution in [0.2, 0.25) is 0 Å². The van der Waals surface area contributed by atoms with Crippen LogP contribution in [0, 0.1) is 5.82 Å². The van der Waals surface area contributed by atoms with E-state index < -0.39 is 11.9 Å². The Morgan fingerprint density at radius 1 is 1.30 bits per heavy atom. The highest BCUT2D eigenvalue weighted by Gasteiger charge is 2.29. The van der Waals surface area contributed by atoms with Gasteiger partial charge in [-0.15, -0.1) is 11.8 Å². The van der Waals surface area contributed by atoms with Gasteiger partial charge in [0.1, 0.15) is 0 Å². The minimum atomic E-state index is -0.687. The SMILES string of the molecule is COc1ccc(C(O)C2Cc3ccccc3S2)cc1F. The van der Waals surface area contributed by atoms with Crippen LogP contribution in [0.1, 0.15) is 17.2 Å². The molecule has 2 aromatic carbocycles. The number of methoxy groups -OCH3 is 1. The topological polar surface area (TPSA) is 29.5 Å². The highest BCUT2D eigenvalue weighted by atomic mass is 32.2. The largest absolute Gasteiger partial charge is 0.494 e. The van der Waals surface area contributed by atoms with Gasteiger partial charge < -0.3 is 9.84 Å². The summed E-state index contributed by atoms with van der Waals surface area (Å²) in [5.41, 5.74) is 1.84. The van der Waals surface area contributed by atoms with Crippen LogP contribution in [0.4, 0.5) is 4.39 Å². The lowest BCUT2D eigenvalue weighted by Gasteiger charge is -2.18. The maximum Gasteiger partial charge on any atom is 0.165 e. The molecule has 2 unspecified atom stereocenters. The first-order valence-electron chi connectivity index (χ1n) is 6.45. The molecule has 104 valence electrons. The quantitative estimate of drug-likeness (QED) is 0.937. The minimum Gasteiger partial charge on any atom is -0.494 e. The number of halogens is 1. The predicted octanol–water partition coefficient (Wildman–Crippen LogP) is 3.58. The smallest absolute Gasteiger partial charge is 0.165 e. The summed E-state index contributed by atoms with van der Waals surface area (Å²) in [5, 5.41) is 10.5. The molecular formula is C16H15FO2S. The monoisotopic (exact) mass is 290 g/mol. The van der Waals surface area contributed by atoms with Crippen LogP contribution in [-0.4, -0.2) is 17.5 Å². The molecule has 1 aliphatic heterocycles. The Morgan fingerprint density at radius 3 is 2.80 bits per heavy atom. The van der Waals surface area contributed by atoms with Crippen LogP contribution in [0.15, 0.2) is 47.4 Å². The Balaban J connectivity index is 1.81. The van der Waals surface area contributed by atoms with Gasteiger partial charge in [-0.3, -0.25) is 0 Å². The van der Waals surface area contributed by atoms with Gasteiger partial charge in [-0.1, -0.05) is 24.3 Å². The lowest BCUT2D eigenvalue weighted by molar-refractivity contribution is 0.174. The second-order valence-corrected chi connectivity index (χ2v) is 6.09. The van der Waals surface area contributed by atoms with Gasteiger partial charge in [0.2, 0.25) is 0 Å². The van der Waals surface area contributed by atoms with Gasteiger partial charge in [0.25, 0.3) is 0 Å². The van der Waals surface area contributed by atoms with Crippen molar-refractivity contribution in [1.82, 2.24) is 0 Å². The van der Waals surface area contributed by atoms with Gasteiger partial charge in [-0.05, 0) is 35.7 Å². The van der Waals surface area contributed by atoms with Crippen molar-refractivity contribution in [2.24, 2.45) is 0 Å². The molecule has 0 bridgehead atoms. The van der Waals surface area contributed by atoms with Crippen LogP contribution in [0.25, 0.3) is 0 Å². The van der Waals surface area contributed by atoms with Gasteiger partial charge in [-0.2, -0.15) is 0 Å². The summed E-state index contributed by atoms with van der Waals surface area (Å²) >= 11 is 1.65. The predicted molar refractivity (Wildman–Crippen MR) is 77.7 cm³/mol. The van der Waals surface area contributed by atoms with Crippen molar-refractivity contribution in [3.05, 3.63) is 59.4 Å². The zero-order valence-corrected chi connectivity index (χ0v) is 11.9. The molecule has 4 heteroatoms. The van der Waals surface area contributed by atoms with Crippen molar-refractivity contribution in [2.75, 3.05) is 7.11 Å². The first kappa shape index (κ1) is 13.5. The lowest BCUT2D eigenvalue weighted by atomic mass is 10.0. The summed E-state index contributed by atoms with van der Waals surface area (Å²) in [6.07, 6.45) is 0.114. The van der Waals surface area contributed by atoms with Crippen LogP contribution >= 0.6 is 11.8 Å². The molecule has 0 radical (unpaired) electrons. The van der Waals surface area contributed by atoms with Crippen molar-refractivity contribution in [3.63, 3.8) is 0 Å². The number of aliphatic hydroxyl groups is 1. The molecule has 1 N–H and O–H groups in total. The first-order chi connectivity index (χ1) is 9.69. The van der Waals surface area contributed by atoms with Gasteiger partial charge in [0.15, 0.2) is 11.6 Å². The van der Waals surface area contributed by atoms with E-state index in [4.69, 9.17) is 4.74 Å². The highest BCUT2D eigenvalue weighted by Crippen LogP contribution is 2.42. The summed E-state index contributed by atoms with van der Waals surface area (Å²) in [6.45, 7) is 0. The Morgan fingerprint density at radius 2 is 2.10 bits per heavy atom. The average Bonchev–Trinajstić information content (AvgIpc) is 2.90. The Labute approximate surface area is 121 Å². The second-order valence-electron chi connectivity index (χ2n) is 4.81. The molecule has 1 heterocycles. The zero-order chi connectivity index (χ0) is 14.1. The molecule has 0 saturated heterocycles. The van der Waals surface area contributed by atoms with E-state index in [1.807, 2.05) is 12.1 Å². The van der Waals surface area contributed by atoms with Crippen molar-refractivity contribution in [2.45, 2.75) is 22.7 Å². The highest BCUT2D eigenvalue weighted by molar-refractivity contribution is 8.00. The van der Waals surface area contributed by atoms with Gasteiger partial charge in [0.05, 0.1) is 13.2 Å². The minimum absolute atomic E-state index is 0.0280. The van der Waals surface area contributed by atoms with E-state index in [0.717, 1.165) is 6.42 Å². The van der Waals surface area contributed by atoms with Gasteiger partial charge >= 0.3 is 0 Å². The summed E-state index contributed by atoms with van der Waals surface area (Å²) < 4.78 is 18.6. The molecule has 0 fully saturated rings. The van der Waals surface area contributed by atoms with Crippen LogP contribution in [0.3, 0.4) is 0 Å². The third kappa shape index (κ3) is 2.41. The average molecular weight is 290 g/mol. The number of hydrogen-bond donors (Lipinski definition) is 1. The van der Waals surface area contributed by atoms with E-state index in [1.54, 1.807) is 23.9 Å². The van der Waals surface area contributed by atoms with Crippen molar-refractivity contribution in [1.29, 1.82) is 0 Å². The van der Waals surface area contributed by atoms with Crippen molar-refractivity contribution < 1.29 is 14.2 Å². The first-order valence-corrected chi connectivity index (χ1v) is 7.33. The summed E-state index contributed by atoms with van der Waals surface area (Å²) in [6, 6.07) is 12.8. The molecule has 0 saturated carbocycles. The standard InChI is InChI=1S/C16H15FO2S/c1-19-13-7-6-11(8-12(13)17)16(18)15-9-10-4-2-3-5-14(10)20-15/h2-8,15-16,18H,9H2,1H3. The van der Waals surface area contributed by atoms with Crippen LogP contribution in [-0.2, 0) is 6.42 Å². The van der Waals surface area contributed by atoms with Crippen LogP contribution < -0.4 is 4.74 Å². The number of hydrogen-bond acceptors (Lipinski definition) is 3. The fraction of sp³-hybridized carbons (Fsp3) is 0.250. The van der Waals surface area contributed by atoms with E-state index in [-0.39, 0.29) is 11.0 Å². The second kappa shape index (κ2) is 5.46. The number of fused-ring (bicyclic) bond motifs is 1. The van der Waals surface area contributed by atoms with E-state index in [0.29, 0.717) is 5.56 Å². The zero-order valence-electron chi connectivity index (χ0n) is 11.0. The fourth-order valence-corrected chi connectivity index (χ4v) is 3.80. The molecular weight excluding hydrogens is 275 g/mol. The molecule has 2 nitrogen and oxygen atoms in total. The molecule has 20 heavy (non-hydrogen) atoms. The molecule has 2 aromatic rings. The third-order valence-corrected chi connectivity index (χ3v) is 4.92. The number of ether oxygens (including phenoxy) is 1. The number of thioether (sulfide) groups is 1. The number of rotatable bonds is 3. The lowest BCUT2D eigenvalue weighted by Crippen LogP contribution is -2.14. The van der Waals surface area contributed by atoms with Crippen molar-refractivity contribution in [3.8, 4) is 5.75 Å². The molecule has 2 atom stereocenters. The Bertz CT molecular complexity index is 605. The van der Waals surface area contributed by atoms with E-state index in [9.17, 15) is 9.50 Å². The van der Waals surface area contributed by atoms with E-state index in [2.05, 4.69) is 12.1 Å². The maximum absolute atomic E-state index is 13.7. The Hall–Kier alpha value is -1.52. The normalized spacial score (nSPS) is 18.6. The molecule has 3 rings (SSSR count). The molecule has 1 aliphatic rings. The summed E-state index contributed by atoms with van der Waals surface area (Å²) in [4.78, 5) is 1.20. The molecule has 0 aliphatic carbocycles. The molecule has 0 spiro atoms. The van der Waals surface area contributed by atoms with Gasteiger partial charge in [0, 0.05) is 10.1 Å². The Kier molecular flexibility index (Phi) is 3.68. The number of aliphatic hydroxyl groups excluding tert-OH is 1. The fourth-order valence-electron chi connectivity index (χ4n) is 2.47. The van der Waals surface area contributed by atoms with Crippen LogP contribution in [0.5, 0.6) is 5.75 Å². The maximum atomic E-state index is 13.7. The molecule has 0 amide bonds. The van der Waals surface area contributed by atoms with E-state index in [1.165, 1.54) is 23.6 Å². The van der Waals surface area contributed by atoms with Gasteiger partial charge in [-0.25, -0.2) is 4.39 Å². The summed E-state index contributed by atoms with van der Waals surface area (Å²) in [7, 11) is 1.43. The third-order valence-electron chi connectivity index (χ3n) is 3.54.